The van der Waals surface area contributed by atoms with E-state index in [1.807, 2.05) is 7.05 Å². The number of para-hydroxylation sites is 1. The molecule has 0 unspecified atom stereocenters. The molecule has 0 fully saturated rings. The Morgan fingerprint density at radius 2 is 1.93 bits per heavy atom. The van der Waals surface area contributed by atoms with Crippen molar-refractivity contribution in [2.24, 2.45) is 0 Å². The second-order valence-corrected chi connectivity index (χ2v) is 4.56. The van der Waals surface area contributed by atoms with Crippen molar-refractivity contribution in [3.8, 4) is 0 Å². The van der Waals surface area contributed by atoms with Crippen molar-refractivity contribution in [3.05, 3.63) is 36.0 Å². The van der Waals surface area contributed by atoms with E-state index in [4.69, 9.17) is 0 Å². The fourth-order valence-electron chi connectivity index (χ4n) is 2.24. The first-order valence-corrected chi connectivity index (χ1v) is 5.45. The lowest BCUT2D eigenvalue weighted by Crippen LogP contribution is -2.31. The third-order valence-electron chi connectivity index (χ3n) is 2.99. The van der Waals surface area contributed by atoms with Crippen LogP contribution in [-0.2, 0) is 0 Å². The normalized spacial score (nSPS) is 17.4. The standard InChI is InChI=1S/C13H19N2/c1-14-9-8-11-10-15(2,3)13-7-5-4-6-12(11)13/h4-7,10,14H,8-9H2,1-3H3/q+1. The van der Waals surface area contributed by atoms with Gasteiger partial charge in [-0.15, -0.1) is 0 Å². The quantitative estimate of drug-likeness (QED) is 0.743. The second-order valence-electron chi connectivity index (χ2n) is 4.56. The number of rotatable bonds is 3. The van der Waals surface area contributed by atoms with Crippen LogP contribution in [0.5, 0.6) is 0 Å². The van der Waals surface area contributed by atoms with Crippen LogP contribution in [0.3, 0.4) is 0 Å². The minimum Gasteiger partial charge on any atom is -0.319 e. The molecule has 2 rings (SSSR count). The van der Waals surface area contributed by atoms with E-state index in [1.165, 1.54) is 16.8 Å². The first-order chi connectivity index (χ1) is 7.15. The van der Waals surface area contributed by atoms with Crippen LogP contribution in [0.1, 0.15) is 12.0 Å². The Morgan fingerprint density at radius 3 is 2.67 bits per heavy atom. The van der Waals surface area contributed by atoms with Gasteiger partial charge in [0.25, 0.3) is 0 Å². The van der Waals surface area contributed by atoms with Gasteiger partial charge in [-0.3, -0.25) is 4.48 Å². The molecular weight excluding hydrogens is 184 g/mol. The molecule has 0 spiro atoms. The van der Waals surface area contributed by atoms with Crippen molar-refractivity contribution < 1.29 is 0 Å². The molecule has 15 heavy (non-hydrogen) atoms. The lowest BCUT2D eigenvalue weighted by atomic mass is 10.0. The van der Waals surface area contributed by atoms with Crippen molar-refractivity contribution >= 4 is 11.3 Å². The Kier molecular flexibility index (Phi) is 2.63. The zero-order valence-electron chi connectivity index (χ0n) is 9.75. The maximum Gasteiger partial charge on any atom is 0.144 e. The van der Waals surface area contributed by atoms with Gasteiger partial charge in [-0.2, -0.15) is 0 Å². The second kappa shape index (κ2) is 3.80. The third-order valence-corrected chi connectivity index (χ3v) is 2.99. The highest BCUT2D eigenvalue weighted by atomic mass is 15.3. The van der Waals surface area contributed by atoms with Gasteiger partial charge in [0.1, 0.15) is 11.9 Å². The first-order valence-electron chi connectivity index (χ1n) is 5.45. The number of hydrogen-bond acceptors (Lipinski definition) is 1. The summed E-state index contributed by atoms with van der Waals surface area (Å²) in [5, 5.41) is 3.20. The van der Waals surface area contributed by atoms with Crippen LogP contribution >= 0.6 is 0 Å². The van der Waals surface area contributed by atoms with Gasteiger partial charge in [0.15, 0.2) is 0 Å². The Labute approximate surface area is 91.8 Å². The average Bonchev–Trinajstić information content (AvgIpc) is 2.49. The van der Waals surface area contributed by atoms with Crippen molar-refractivity contribution in [1.29, 1.82) is 0 Å². The molecule has 0 bridgehead atoms. The highest BCUT2D eigenvalue weighted by Gasteiger charge is 2.29. The molecule has 1 aliphatic rings. The molecule has 2 heteroatoms. The lowest BCUT2D eigenvalue weighted by molar-refractivity contribution is 0.550. The zero-order valence-corrected chi connectivity index (χ0v) is 9.75. The van der Waals surface area contributed by atoms with Crippen molar-refractivity contribution in [3.63, 3.8) is 0 Å². The summed E-state index contributed by atoms with van der Waals surface area (Å²) in [6, 6.07) is 8.69. The molecule has 0 aromatic heterocycles. The van der Waals surface area contributed by atoms with Crippen LogP contribution in [0.4, 0.5) is 5.69 Å². The van der Waals surface area contributed by atoms with Crippen LogP contribution < -0.4 is 9.80 Å². The van der Waals surface area contributed by atoms with Gasteiger partial charge in [0, 0.05) is 17.2 Å². The summed E-state index contributed by atoms with van der Waals surface area (Å²) in [6.45, 7) is 1.04. The molecule has 1 aromatic carbocycles. The third kappa shape index (κ3) is 1.83. The summed E-state index contributed by atoms with van der Waals surface area (Å²) < 4.78 is 0.870. The summed E-state index contributed by atoms with van der Waals surface area (Å²) >= 11 is 0. The average molecular weight is 203 g/mol. The minimum absolute atomic E-state index is 0.870. The SMILES string of the molecule is CNCCC1=C[N+](C)(C)c2ccccc21. The molecule has 80 valence electrons. The molecule has 1 aliphatic heterocycles. The maximum atomic E-state index is 3.20. The first kappa shape index (κ1) is 10.4. The fraction of sp³-hybridized carbons (Fsp3) is 0.385. The highest BCUT2D eigenvalue weighted by molar-refractivity contribution is 5.82. The van der Waals surface area contributed by atoms with E-state index in [-0.39, 0.29) is 0 Å². The molecule has 0 atom stereocenters. The number of fused-ring (bicyclic) bond motifs is 1. The Hall–Kier alpha value is -1.12. The van der Waals surface area contributed by atoms with Gasteiger partial charge < -0.3 is 5.32 Å². The minimum atomic E-state index is 0.870. The molecular formula is C13H19N2+. The van der Waals surface area contributed by atoms with Crippen LogP contribution in [0.2, 0.25) is 0 Å². The Bertz CT molecular complexity index is 391. The van der Waals surface area contributed by atoms with Crippen LogP contribution in [0, 0.1) is 0 Å². The van der Waals surface area contributed by atoms with E-state index in [0.717, 1.165) is 17.4 Å². The number of quaternary nitrogens is 1. The van der Waals surface area contributed by atoms with Gasteiger partial charge in [0.05, 0.1) is 14.1 Å². The predicted octanol–water partition coefficient (Wildman–Crippen LogP) is 2.22. The van der Waals surface area contributed by atoms with Crippen LogP contribution in [0.25, 0.3) is 5.57 Å². The Balaban J connectivity index is 2.35. The molecule has 0 amide bonds. The van der Waals surface area contributed by atoms with E-state index >= 15 is 0 Å². The van der Waals surface area contributed by atoms with E-state index in [0.29, 0.717) is 0 Å². The molecule has 1 heterocycles. The lowest BCUT2D eigenvalue weighted by Gasteiger charge is -2.20. The molecule has 0 saturated carbocycles. The highest BCUT2D eigenvalue weighted by Crippen LogP contribution is 2.38. The van der Waals surface area contributed by atoms with E-state index < -0.39 is 0 Å². The van der Waals surface area contributed by atoms with Gasteiger partial charge >= 0.3 is 0 Å². The molecule has 0 radical (unpaired) electrons. The molecule has 1 N–H and O–H groups in total. The Morgan fingerprint density at radius 1 is 1.20 bits per heavy atom. The number of nitrogens with one attached hydrogen (secondary N) is 1. The molecule has 1 aromatic rings. The summed E-state index contributed by atoms with van der Waals surface area (Å²) in [6.07, 6.45) is 3.46. The van der Waals surface area contributed by atoms with E-state index in [1.54, 1.807) is 0 Å². The van der Waals surface area contributed by atoms with Gasteiger partial charge in [0.2, 0.25) is 0 Å². The molecule has 2 nitrogen and oxygen atoms in total. The summed E-state index contributed by atoms with van der Waals surface area (Å²) in [4.78, 5) is 0. The van der Waals surface area contributed by atoms with Crippen molar-refractivity contribution in [2.45, 2.75) is 6.42 Å². The maximum absolute atomic E-state index is 3.20. The van der Waals surface area contributed by atoms with Gasteiger partial charge in [-0.05, 0) is 26.1 Å². The molecule has 0 aliphatic carbocycles. The summed E-state index contributed by atoms with van der Waals surface area (Å²) in [5.74, 6) is 0. The van der Waals surface area contributed by atoms with E-state index in [9.17, 15) is 0 Å². The summed E-state index contributed by atoms with van der Waals surface area (Å²) in [7, 11) is 6.46. The number of nitrogens with zero attached hydrogens (tertiary/aromatic N) is 1. The smallest absolute Gasteiger partial charge is 0.144 e. The van der Waals surface area contributed by atoms with E-state index in [2.05, 4.69) is 49.9 Å². The fourth-order valence-corrected chi connectivity index (χ4v) is 2.24. The monoisotopic (exact) mass is 203 g/mol. The predicted molar refractivity (Wildman–Crippen MR) is 66.6 cm³/mol. The van der Waals surface area contributed by atoms with Crippen LogP contribution in [0.15, 0.2) is 30.5 Å². The zero-order chi connectivity index (χ0) is 10.9. The van der Waals surface area contributed by atoms with Crippen molar-refractivity contribution in [1.82, 2.24) is 9.80 Å². The summed E-state index contributed by atoms with van der Waals surface area (Å²) in [5.41, 5.74) is 4.28. The van der Waals surface area contributed by atoms with Crippen molar-refractivity contribution in [2.75, 3.05) is 27.7 Å². The van der Waals surface area contributed by atoms with Gasteiger partial charge in [-0.25, -0.2) is 0 Å². The largest absolute Gasteiger partial charge is 0.319 e. The van der Waals surface area contributed by atoms with Crippen LogP contribution in [-0.4, -0.2) is 27.7 Å². The molecule has 0 saturated heterocycles. The topological polar surface area (TPSA) is 12.0 Å². The number of hydrogen-bond donors (Lipinski definition) is 1. The number of benzene rings is 1. The van der Waals surface area contributed by atoms with Gasteiger partial charge in [-0.1, -0.05) is 12.1 Å².